The molecule has 0 bridgehead atoms. The van der Waals surface area contributed by atoms with Crippen LogP contribution < -0.4 is 4.74 Å². The summed E-state index contributed by atoms with van der Waals surface area (Å²) in [7, 11) is 1.61. The van der Waals surface area contributed by atoms with Gasteiger partial charge in [-0.2, -0.15) is 0 Å². The zero-order chi connectivity index (χ0) is 14.8. The number of aliphatic carboxylic acids is 1. The Labute approximate surface area is 126 Å². The van der Waals surface area contributed by atoms with Crippen LogP contribution in [0, 0.1) is 0 Å². The number of carboxylic acid groups (broad SMARTS) is 1. The zero-order valence-corrected chi connectivity index (χ0v) is 12.8. The molecule has 0 heterocycles. The Balaban J connectivity index is 2.57. The van der Waals surface area contributed by atoms with E-state index in [0.29, 0.717) is 37.7 Å². The van der Waals surface area contributed by atoms with Crippen LogP contribution in [0.5, 0.6) is 5.75 Å². The maximum Gasteiger partial charge on any atom is 0.328 e. The molecule has 1 rings (SSSR count). The van der Waals surface area contributed by atoms with E-state index in [9.17, 15) is 4.79 Å². The summed E-state index contributed by atoms with van der Waals surface area (Å²) in [5.41, 5.74) is 0.693. The average Bonchev–Trinajstić information content (AvgIpc) is 2.42. The first-order valence-corrected chi connectivity index (χ1v) is 6.83. The highest BCUT2D eigenvalue weighted by molar-refractivity contribution is 9.10. The normalized spacial score (nSPS) is 10.9. The Morgan fingerprint density at radius 1 is 1.30 bits per heavy atom. The Hall–Kier alpha value is -1.37. The van der Waals surface area contributed by atoms with E-state index in [1.807, 2.05) is 12.1 Å². The number of methoxy groups -OCH3 is 1. The van der Waals surface area contributed by atoms with E-state index in [-0.39, 0.29) is 0 Å². The van der Waals surface area contributed by atoms with Crippen LogP contribution >= 0.6 is 15.9 Å². The molecule has 0 saturated heterocycles. The van der Waals surface area contributed by atoms with Gasteiger partial charge >= 0.3 is 5.97 Å². The van der Waals surface area contributed by atoms with E-state index in [1.165, 1.54) is 6.08 Å². The number of halogens is 1. The lowest BCUT2D eigenvalue weighted by molar-refractivity contribution is -0.131. The molecule has 0 aliphatic rings. The third-order valence-electron chi connectivity index (χ3n) is 2.31. The summed E-state index contributed by atoms with van der Waals surface area (Å²) < 4.78 is 16.5. The van der Waals surface area contributed by atoms with Gasteiger partial charge in [0.2, 0.25) is 0 Å². The van der Waals surface area contributed by atoms with Crippen molar-refractivity contribution in [2.24, 2.45) is 0 Å². The summed E-state index contributed by atoms with van der Waals surface area (Å²) >= 11 is 3.38. The quantitative estimate of drug-likeness (QED) is 0.551. The van der Waals surface area contributed by atoms with Crippen LogP contribution in [0.3, 0.4) is 0 Å². The standard InChI is InChI=1S/C14H17BrO5/c1-18-7-8-19-9-10-20-14-11(5-6-13(16)17)3-2-4-12(14)15/h2-6H,7-10H2,1H3,(H,16,17). The third-order valence-corrected chi connectivity index (χ3v) is 2.93. The fraction of sp³-hybridized carbons (Fsp3) is 0.357. The van der Waals surface area contributed by atoms with Crippen LogP contribution in [0.15, 0.2) is 28.7 Å². The highest BCUT2D eigenvalue weighted by Gasteiger charge is 2.06. The van der Waals surface area contributed by atoms with Crippen molar-refractivity contribution in [3.63, 3.8) is 0 Å². The Kier molecular flexibility index (Phi) is 7.94. The average molecular weight is 345 g/mol. The van der Waals surface area contributed by atoms with Gasteiger partial charge in [0.05, 0.1) is 24.3 Å². The molecule has 1 N–H and O–H groups in total. The number of benzene rings is 1. The largest absolute Gasteiger partial charge is 0.489 e. The van der Waals surface area contributed by atoms with Crippen LogP contribution in [0.25, 0.3) is 6.08 Å². The second kappa shape index (κ2) is 9.52. The molecule has 1 aromatic rings. The molecule has 110 valence electrons. The van der Waals surface area contributed by atoms with Gasteiger partial charge in [0.25, 0.3) is 0 Å². The predicted octanol–water partition coefficient (Wildman–Crippen LogP) is 2.59. The summed E-state index contributed by atoms with van der Waals surface area (Å²) in [6, 6.07) is 5.43. The minimum Gasteiger partial charge on any atom is -0.489 e. The van der Waals surface area contributed by atoms with Gasteiger partial charge in [-0.05, 0) is 28.1 Å². The lowest BCUT2D eigenvalue weighted by atomic mass is 10.2. The van der Waals surface area contributed by atoms with E-state index in [1.54, 1.807) is 13.2 Å². The van der Waals surface area contributed by atoms with Crippen LogP contribution in [0.2, 0.25) is 0 Å². The highest BCUT2D eigenvalue weighted by Crippen LogP contribution is 2.30. The van der Waals surface area contributed by atoms with Gasteiger partial charge in [-0.3, -0.25) is 0 Å². The molecule has 5 nitrogen and oxygen atoms in total. The molecule has 0 spiro atoms. The van der Waals surface area contributed by atoms with Crippen molar-refractivity contribution in [2.75, 3.05) is 33.5 Å². The Morgan fingerprint density at radius 2 is 2.05 bits per heavy atom. The lowest BCUT2D eigenvalue weighted by Gasteiger charge is -2.11. The molecule has 0 aromatic heterocycles. The van der Waals surface area contributed by atoms with Gasteiger partial charge in [0, 0.05) is 18.7 Å². The van der Waals surface area contributed by atoms with Crippen molar-refractivity contribution in [3.8, 4) is 5.75 Å². The van der Waals surface area contributed by atoms with Crippen molar-refractivity contribution < 1.29 is 24.1 Å². The first kappa shape index (κ1) is 16.7. The van der Waals surface area contributed by atoms with E-state index < -0.39 is 5.97 Å². The number of hydrogen-bond donors (Lipinski definition) is 1. The molecule has 1 aromatic carbocycles. The molecule has 0 saturated carbocycles. The number of rotatable bonds is 9. The van der Waals surface area contributed by atoms with Crippen LogP contribution in [0.1, 0.15) is 5.56 Å². The van der Waals surface area contributed by atoms with Crippen molar-refractivity contribution in [1.29, 1.82) is 0 Å². The summed E-state index contributed by atoms with van der Waals surface area (Å²) in [5, 5.41) is 8.66. The molecule has 0 aliphatic carbocycles. The summed E-state index contributed by atoms with van der Waals surface area (Å²) in [4.78, 5) is 10.6. The van der Waals surface area contributed by atoms with E-state index in [4.69, 9.17) is 19.3 Å². The smallest absolute Gasteiger partial charge is 0.328 e. The Morgan fingerprint density at radius 3 is 2.75 bits per heavy atom. The van der Waals surface area contributed by atoms with Crippen LogP contribution in [-0.4, -0.2) is 44.6 Å². The number of ether oxygens (including phenoxy) is 3. The first-order chi connectivity index (χ1) is 9.65. The number of carbonyl (C=O) groups is 1. The maximum absolute atomic E-state index is 10.6. The van der Waals surface area contributed by atoms with Gasteiger partial charge in [-0.25, -0.2) is 4.79 Å². The van der Waals surface area contributed by atoms with Gasteiger partial charge in [0.15, 0.2) is 0 Å². The monoisotopic (exact) mass is 344 g/mol. The van der Waals surface area contributed by atoms with Gasteiger partial charge in [-0.1, -0.05) is 12.1 Å². The van der Waals surface area contributed by atoms with Crippen molar-refractivity contribution in [1.82, 2.24) is 0 Å². The van der Waals surface area contributed by atoms with Crippen LogP contribution in [0.4, 0.5) is 0 Å². The highest BCUT2D eigenvalue weighted by atomic mass is 79.9. The summed E-state index contributed by atoms with van der Waals surface area (Å²) in [5.74, 6) is -0.404. The van der Waals surface area contributed by atoms with E-state index >= 15 is 0 Å². The lowest BCUT2D eigenvalue weighted by Crippen LogP contribution is -2.10. The fourth-order valence-corrected chi connectivity index (χ4v) is 1.91. The van der Waals surface area contributed by atoms with E-state index in [2.05, 4.69) is 15.9 Å². The molecule has 0 aliphatic heterocycles. The molecular weight excluding hydrogens is 328 g/mol. The molecular formula is C14H17BrO5. The molecule has 0 amide bonds. The van der Waals surface area contributed by atoms with Crippen molar-refractivity contribution >= 4 is 28.0 Å². The maximum atomic E-state index is 10.6. The molecule has 20 heavy (non-hydrogen) atoms. The zero-order valence-electron chi connectivity index (χ0n) is 11.2. The topological polar surface area (TPSA) is 65.0 Å². The fourth-order valence-electron chi connectivity index (χ4n) is 1.42. The second-order valence-electron chi connectivity index (χ2n) is 3.78. The van der Waals surface area contributed by atoms with Gasteiger partial charge in [-0.15, -0.1) is 0 Å². The number of carboxylic acids is 1. The van der Waals surface area contributed by atoms with E-state index in [0.717, 1.165) is 10.5 Å². The second-order valence-corrected chi connectivity index (χ2v) is 4.64. The minimum absolute atomic E-state index is 0.375. The molecule has 0 fully saturated rings. The van der Waals surface area contributed by atoms with Gasteiger partial charge in [0.1, 0.15) is 12.4 Å². The number of hydrogen-bond acceptors (Lipinski definition) is 4. The molecule has 0 atom stereocenters. The third kappa shape index (κ3) is 6.18. The minimum atomic E-state index is -1.00. The van der Waals surface area contributed by atoms with Crippen LogP contribution in [-0.2, 0) is 14.3 Å². The molecule has 0 unspecified atom stereocenters. The summed E-state index contributed by atoms with van der Waals surface area (Å²) in [6.07, 6.45) is 2.57. The van der Waals surface area contributed by atoms with Crippen molar-refractivity contribution in [3.05, 3.63) is 34.3 Å². The number of para-hydroxylation sites is 1. The summed E-state index contributed by atoms with van der Waals surface area (Å²) in [6.45, 7) is 1.87. The predicted molar refractivity (Wildman–Crippen MR) is 79.0 cm³/mol. The molecule has 0 radical (unpaired) electrons. The van der Waals surface area contributed by atoms with Crippen molar-refractivity contribution in [2.45, 2.75) is 0 Å². The Bertz CT molecular complexity index is 459. The van der Waals surface area contributed by atoms with Gasteiger partial charge < -0.3 is 19.3 Å². The first-order valence-electron chi connectivity index (χ1n) is 6.04. The molecule has 6 heteroatoms. The SMILES string of the molecule is COCCOCCOc1c(Br)cccc1C=CC(=O)O.